The number of hydrogen-bond donors (Lipinski definition) is 0. The van der Waals surface area contributed by atoms with Crippen LogP contribution in [0.4, 0.5) is 4.39 Å². The summed E-state index contributed by atoms with van der Waals surface area (Å²) in [6, 6.07) is 17.9. The van der Waals surface area contributed by atoms with Gasteiger partial charge in [-0.3, -0.25) is 4.99 Å². The van der Waals surface area contributed by atoms with E-state index in [2.05, 4.69) is 80.8 Å². The summed E-state index contributed by atoms with van der Waals surface area (Å²) in [5, 5.41) is 0. The van der Waals surface area contributed by atoms with E-state index in [1.165, 1.54) is 33.6 Å². The van der Waals surface area contributed by atoms with Crippen LogP contribution in [-0.2, 0) is 0 Å². The number of benzene rings is 2. The Labute approximate surface area is 245 Å². The van der Waals surface area contributed by atoms with E-state index >= 15 is 0 Å². The Morgan fingerprint density at radius 3 is 2.37 bits per heavy atom. The first-order valence-corrected chi connectivity index (χ1v) is 15.2. The van der Waals surface area contributed by atoms with Crippen LogP contribution < -0.4 is 0 Å². The van der Waals surface area contributed by atoms with Gasteiger partial charge in [0.1, 0.15) is 5.82 Å². The summed E-state index contributed by atoms with van der Waals surface area (Å²) in [7, 11) is 0. The van der Waals surface area contributed by atoms with Gasteiger partial charge in [-0.2, -0.15) is 0 Å². The molecule has 0 saturated carbocycles. The largest absolute Gasteiger partial charge is 0.371 e. The molecule has 6 rings (SSSR count). The maximum atomic E-state index is 13.6. The van der Waals surface area contributed by atoms with Crippen molar-refractivity contribution in [1.82, 2.24) is 4.90 Å². The van der Waals surface area contributed by atoms with Crippen LogP contribution in [0.15, 0.2) is 118 Å². The fraction of sp³-hybridized carbons (Fsp3) is 0.342. The monoisotopic (exact) mass is 544 g/mol. The molecule has 0 bridgehead atoms. The van der Waals surface area contributed by atoms with Gasteiger partial charge in [0.25, 0.3) is 0 Å². The fourth-order valence-electron chi connectivity index (χ4n) is 7.08. The molecular weight excluding hydrogens is 503 g/mol. The number of allylic oxidation sites excluding steroid dienone is 9. The molecule has 2 aromatic carbocycles. The summed E-state index contributed by atoms with van der Waals surface area (Å²) in [6.45, 7) is 13.3. The summed E-state index contributed by atoms with van der Waals surface area (Å²) in [6.07, 6.45) is 14.5. The molecule has 3 heteroatoms. The smallest absolute Gasteiger partial charge is 0.123 e. The average Bonchev–Trinajstić information content (AvgIpc) is 3.25. The fourth-order valence-corrected chi connectivity index (χ4v) is 7.08. The van der Waals surface area contributed by atoms with Crippen LogP contribution in [0.25, 0.3) is 11.1 Å². The van der Waals surface area contributed by atoms with Gasteiger partial charge in [-0.25, -0.2) is 4.39 Å². The second-order valence-electron chi connectivity index (χ2n) is 12.3. The summed E-state index contributed by atoms with van der Waals surface area (Å²) in [4.78, 5) is 7.46. The third-order valence-corrected chi connectivity index (χ3v) is 9.54. The second-order valence-corrected chi connectivity index (χ2v) is 12.3. The molecular formula is C38H41FN2. The lowest BCUT2D eigenvalue weighted by molar-refractivity contribution is 0.246. The number of nitrogens with zero attached hydrogens (tertiary/aromatic N) is 2. The molecule has 0 radical (unpaired) electrons. The van der Waals surface area contributed by atoms with Gasteiger partial charge in [-0.05, 0) is 103 Å². The molecule has 2 nitrogen and oxygen atoms in total. The standard InChI is InChI=1S/C38H41FN2/c1-25-20-37(36-23-33(22-27(3)38(36)40-24-25)29-10-13-34(39)14-11-29)41-18-16-30(17-19-41)32-12-15-35(28(4)26(2)21-32)31-8-6-5-7-9-31/h5-11,13-14,20-21,23-24,26-27,30H,1,12,15-19,22H2,2-4H3. The van der Waals surface area contributed by atoms with Gasteiger partial charge >= 0.3 is 0 Å². The van der Waals surface area contributed by atoms with E-state index in [1.54, 1.807) is 17.7 Å². The highest BCUT2D eigenvalue weighted by Crippen LogP contribution is 2.42. The van der Waals surface area contributed by atoms with Crippen LogP contribution >= 0.6 is 0 Å². The minimum Gasteiger partial charge on any atom is -0.371 e. The molecule has 4 aliphatic rings. The van der Waals surface area contributed by atoms with E-state index in [4.69, 9.17) is 4.99 Å². The van der Waals surface area contributed by atoms with E-state index in [0.717, 1.165) is 62.0 Å². The van der Waals surface area contributed by atoms with Gasteiger partial charge in [-0.1, -0.05) is 80.1 Å². The molecule has 2 unspecified atom stereocenters. The third-order valence-electron chi connectivity index (χ3n) is 9.54. The lowest BCUT2D eigenvalue weighted by Crippen LogP contribution is -2.35. The maximum absolute atomic E-state index is 13.6. The quantitative estimate of drug-likeness (QED) is 0.350. The highest BCUT2D eigenvalue weighted by Gasteiger charge is 2.30. The van der Waals surface area contributed by atoms with Gasteiger partial charge in [-0.15, -0.1) is 0 Å². The first-order chi connectivity index (χ1) is 19.9. The normalized spacial score (nSPS) is 24.0. The molecule has 1 saturated heterocycles. The number of hydrogen-bond acceptors (Lipinski definition) is 2. The summed E-state index contributed by atoms with van der Waals surface area (Å²) >= 11 is 0. The van der Waals surface area contributed by atoms with Gasteiger partial charge in [0, 0.05) is 36.5 Å². The molecule has 1 fully saturated rings. The number of aliphatic imine (C=N–C) groups is 1. The zero-order valence-electron chi connectivity index (χ0n) is 24.7. The molecule has 210 valence electrons. The Bertz CT molecular complexity index is 1510. The first-order valence-electron chi connectivity index (χ1n) is 15.2. The van der Waals surface area contributed by atoms with E-state index in [0.29, 0.717) is 11.8 Å². The highest BCUT2D eigenvalue weighted by molar-refractivity contribution is 5.85. The average molecular weight is 545 g/mol. The van der Waals surface area contributed by atoms with Gasteiger partial charge in [0.2, 0.25) is 0 Å². The number of likely N-dealkylation sites (tertiary alicyclic amines) is 1. The number of halogens is 1. The second kappa shape index (κ2) is 11.6. The van der Waals surface area contributed by atoms with Crippen molar-refractivity contribution < 1.29 is 4.39 Å². The molecule has 2 atom stereocenters. The molecule has 0 amide bonds. The van der Waals surface area contributed by atoms with E-state index in [1.807, 2.05) is 18.3 Å². The predicted molar refractivity (Wildman–Crippen MR) is 171 cm³/mol. The van der Waals surface area contributed by atoms with Crippen LogP contribution in [0.3, 0.4) is 0 Å². The Hall–Kier alpha value is -3.72. The van der Waals surface area contributed by atoms with Crippen molar-refractivity contribution in [2.75, 3.05) is 13.1 Å². The molecule has 2 aromatic rings. The number of piperidine rings is 1. The van der Waals surface area contributed by atoms with Crippen molar-refractivity contribution >= 4 is 17.4 Å². The van der Waals surface area contributed by atoms with Crippen molar-refractivity contribution in [3.8, 4) is 0 Å². The molecule has 2 aliphatic heterocycles. The zero-order chi connectivity index (χ0) is 28.5. The first kappa shape index (κ1) is 27.4. The van der Waals surface area contributed by atoms with E-state index in [-0.39, 0.29) is 11.7 Å². The van der Waals surface area contributed by atoms with Gasteiger partial charge < -0.3 is 4.90 Å². The van der Waals surface area contributed by atoms with Crippen molar-refractivity contribution in [3.63, 3.8) is 0 Å². The Kier molecular flexibility index (Phi) is 7.79. The summed E-state index contributed by atoms with van der Waals surface area (Å²) in [5.41, 5.74) is 12.9. The Morgan fingerprint density at radius 1 is 0.902 bits per heavy atom. The Balaban J connectivity index is 1.21. The van der Waals surface area contributed by atoms with Crippen LogP contribution in [0.5, 0.6) is 0 Å². The van der Waals surface area contributed by atoms with Crippen LogP contribution in [0.1, 0.15) is 64.0 Å². The van der Waals surface area contributed by atoms with Crippen LogP contribution in [-0.4, -0.2) is 24.2 Å². The van der Waals surface area contributed by atoms with Crippen LogP contribution in [0, 0.1) is 23.6 Å². The predicted octanol–water partition coefficient (Wildman–Crippen LogP) is 9.57. The third kappa shape index (κ3) is 5.73. The van der Waals surface area contributed by atoms with Crippen molar-refractivity contribution in [1.29, 1.82) is 0 Å². The van der Waals surface area contributed by atoms with Gasteiger partial charge in [0.15, 0.2) is 0 Å². The van der Waals surface area contributed by atoms with E-state index < -0.39 is 0 Å². The number of rotatable bonds is 4. The molecule has 0 aromatic heterocycles. The molecule has 41 heavy (non-hydrogen) atoms. The minimum atomic E-state index is -0.197. The zero-order valence-corrected chi connectivity index (χ0v) is 24.7. The molecule has 0 spiro atoms. The topological polar surface area (TPSA) is 15.6 Å². The van der Waals surface area contributed by atoms with Crippen molar-refractivity contribution in [2.24, 2.45) is 22.7 Å². The lowest BCUT2D eigenvalue weighted by Gasteiger charge is -2.38. The highest BCUT2D eigenvalue weighted by atomic mass is 19.1. The molecule has 2 aliphatic carbocycles. The van der Waals surface area contributed by atoms with Crippen molar-refractivity contribution in [2.45, 2.75) is 52.9 Å². The van der Waals surface area contributed by atoms with Gasteiger partial charge in [0.05, 0.1) is 5.70 Å². The van der Waals surface area contributed by atoms with E-state index in [9.17, 15) is 4.39 Å². The van der Waals surface area contributed by atoms with Crippen LogP contribution in [0.2, 0.25) is 0 Å². The molecule has 0 N–H and O–H groups in total. The summed E-state index contributed by atoms with van der Waals surface area (Å²) < 4.78 is 13.6. The SMILES string of the molecule is C=C1C=NC2=C(C=C(c3ccc(F)cc3)CC2C)C(N2CCC(C3=CC(C)C(C)=C(c4ccccc4)CC3)CC2)=C1. The minimum absolute atomic E-state index is 0.197. The maximum Gasteiger partial charge on any atom is 0.123 e. The lowest BCUT2D eigenvalue weighted by atomic mass is 9.82. The Morgan fingerprint density at radius 2 is 1.63 bits per heavy atom. The molecule has 2 heterocycles. The summed E-state index contributed by atoms with van der Waals surface area (Å²) in [5.74, 6) is 1.19. The van der Waals surface area contributed by atoms with Crippen molar-refractivity contribution in [3.05, 3.63) is 130 Å².